The molecule has 2 saturated heterocycles. The van der Waals surface area contributed by atoms with Crippen molar-refractivity contribution in [3.05, 3.63) is 0 Å². The third kappa shape index (κ3) is 13.4. The van der Waals surface area contributed by atoms with Crippen molar-refractivity contribution in [2.45, 2.75) is 149 Å². The second-order valence-corrected chi connectivity index (χ2v) is 13.8. The van der Waals surface area contributed by atoms with Crippen LogP contribution in [-0.2, 0) is 23.7 Å². The number of hydrogen-bond donors (Lipinski definition) is 17. The van der Waals surface area contributed by atoms with Gasteiger partial charge in [-0.15, -0.1) is 0 Å². The minimum Gasteiger partial charge on any atom is -0.395 e. The van der Waals surface area contributed by atoms with Gasteiger partial charge in [0.25, 0.3) is 0 Å². The van der Waals surface area contributed by atoms with Crippen LogP contribution in [0, 0.1) is 0 Å². The van der Waals surface area contributed by atoms with Gasteiger partial charge in [-0.2, -0.15) is 0 Å². The number of hydrogen-bond acceptors (Lipinski definition) is 21. The molecule has 0 spiro atoms. The third-order valence-corrected chi connectivity index (χ3v) is 9.93. The van der Waals surface area contributed by atoms with E-state index in [-0.39, 0.29) is 51.2 Å². The molecule has 0 aromatic heterocycles. The van der Waals surface area contributed by atoms with Crippen LogP contribution in [0.5, 0.6) is 0 Å². The summed E-state index contributed by atoms with van der Waals surface area (Å²) < 4.78 is 22.5. The molecule has 2 heterocycles. The zero-order valence-corrected chi connectivity index (χ0v) is 31.0. The fourth-order valence-electron chi connectivity index (χ4n) is 6.30. The van der Waals surface area contributed by atoms with Crippen LogP contribution >= 0.6 is 0 Å². The Bertz CT molecular complexity index is 1020. The standard InChI is InChI=1S/C22H43N5O13.C10H24N2O2/c23-2-1-8(29)20(36)27-7-3-6(25)18(39-22-16(34)15(33)13(31)9(4-24)37-22)17(35)19(7)40-21-14(32)11(26)12(30)10(5-28)38-21;1-3-9(7-13)11-5-6-12-10(4-2)8-14/h6-19,21-22,28-35H,1-5,23-26H2,(H,27,36);9-14H,3-8H2,1-2H3/t6-,7+,8-,9+,10+,11-,12+,13+,14+,15-,16+,17-,18+,19-,21+,22+;/m0./s1. The highest BCUT2D eigenvalue weighted by Gasteiger charge is 2.52. The molecule has 1 aliphatic carbocycles. The van der Waals surface area contributed by atoms with E-state index in [1.54, 1.807) is 0 Å². The maximum atomic E-state index is 12.6. The minimum absolute atomic E-state index is 0.0101. The Morgan fingerprint density at radius 1 is 0.759 bits per heavy atom. The fraction of sp³-hybridized carbons (Fsp3) is 0.969. The van der Waals surface area contributed by atoms with Crippen LogP contribution in [0.15, 0.2) is 0 Å². The van der Waals surface area contributed by atoms with Gasteiger partial charge in [-0.3, -0.25) is 4.79 Å². The van der Waals surface area contributed by atoms with Crippen LogP contribution in [-0.4, -0.2) is 213 Å². The summed E-state index contributed by atoms with van der Waals surface area (Å²) in [4.78, 5) is 12.6. The van der Waals surface area contributed by atoms with Gasteiger partial charge in [0, 0.05) is 37.8 Å². The lowest BCUT2D eigenvalue weighted by molar-refractivity contribution is -0.332. The van der Waals surface area contributed by atoms with Crippen LogP contribution in [0.4, 0.5) is 0 Å². The Morgan fingerprint density at radius 3 is 1.80 bits per heavy atom. The molecule has 2 unspecified atom stereocenters. The third-order valence-electron chi connectivity index (χ3n) is 9.93. The van der Waals surface area contributed by atoms with Gasteiger partial charge in [0.15, 0.2) is 12.6 Å². The Labute approximate surface area is 315 Å². The maximum Gasteiger partial charge on any atom is 0.249 e. The molecule has 0 radical (unpaired) electrons. The lowest BCUT2D eigenvalue weighted by Gasteiger charge is -2.49. The summed E-state index contributed by atoms with van der Waals surface area (Å²) in [5.74, 6) is -0.845. The second kappa shape index (κ2) is 24.4. The number of amides is 1. The number of rotatable bonds is 19. The molecule has 0 bridgehead atoms. The van der Waals surface area contributed by atoms with Crippen molar-refractivity contribution in [3.8, 4) is 0 Å². The highest BCUT2D eigenvalue weighted by molar-refractivity contribution is 5.80. The predicted molar refractivity (Wildman–Crippen MR) is 190 cm³/mol. The normalized spacial score (nSPS) is 38.9. The van der Waals surface area contributed by atoms with E-state index in [4.69, 9.17) is 52.1 Å². The van der Waals surface area contributed by atoms with Gasteiger partial charge < -0.3 is 109 Å². The highest BCUT2D eigenvalue weighted by atomic mass is 16.7. The topological polar surface area (TPSA) is 396 Å². The summed E-state index contributed by atoms with van der Waals surface area (Å²) in [5, 5.41) is 109. The first-order valence-corrected chi connectivity index (χ1v) is 18.5. The van der Waals surface area contributed by atoms with Gasteiger partial charge in [-0.1, -0.05) is 13.8 Å². The van der Waals surface area contributed by atoms with Crippen molar-refractivity contribution in [1.29, 1.82) is 0 Å². The molecule has 18 atom stereocenters. The predicted octanol–water partition coefficient (Wildman–Crippen LogP) is -8.72. The minimum atomic E-state index is -1.76. The molecule has 320 valence electrons. The highest BCUT2D eigenvalue weighted by Crippen LogP contribution is 2.32. The van der Waals surface area contributed by atoms with Crippen molar-refractivity contribution in [2.75, 3.05) is 46.0 Å². The molecule has 2 aliphatic heterocycles. The number of carbonyl (C=O) groups excluding carboxylic acids is 1. The van der Waals surface area contributed by atoms with Gasteiger partial charge in [0.05, 0.1) is 31.9 Å². The molecule has 21 N–H and O–H groups in total. The van der Waals surface area contributed by atoms with Crippen molar-refractivity contribution in [2.24, 2.45) is 22.9 Å². The lowest BCUT2D eigenvalue weighted by atomic mass is 9.83. The summed E-state index contributed by atoms with van der Waals surface area (Å²) >= 11 is 0. The van der Waals surface area contributed by atoms with Crippen molar-refractivity contribution < 1.29 is 74.8 Å². The van der Waals surface area contributed by atoms with Crippen molar-refractivity contribution in [3.63, 3.8) is 0 Å². The first kappa shape index (κ1) is 48.8. The fourth-order valence-corrected chi connectivity index (χ4v) is 6.30. The van der Waals surface area contributed by atoms with Gasteiger partial charge in [-0.05, 0) is 32.2 Å². The van der Waals surface area contributed by atoms with Crippen LogP contribution in [0.1, 0.15) is 39.5 Å². The first-order chi connectivity index (χ1) is 25.6. The summed E-state index contributed by atoms with van der Waals surface area (Å²) in [5.41, 5.74) is 23.1. The van der Waals surface area contributed by atoms with E-state index in [0.717, 1.165) is 25.9 Å². The second-order valence-electron chi connectivity index (χ2n) is 13.8. The summed E-state index contributed by atoms with van der Waals surface area (Å²) in [7, 11) is 0. The molecule has 1 saturated carbocycles. The summed E-state index contributed by atoms with van der Waals surface area (Å²) in [6.07, 6.45) is -17.9. The Balaban J connectivity index is 0.000000610. The number of nitrogens with two attached hydrogens (primary N) is 4. The molecule has 0 aromatic carbocycles. The largest absolute Gasteiger partial charge is 0.395 e. The molecular weight excluding hydrogens is 722 g/mol. The Morgan fingerprint density at radius 2 is 1.30 bits per heavy atom. The Kier molecular flexibility index (Phi) is 22.1. The van der Waals surface area contributed by atoms with Crippen LogP contribution < -0.4 is 38.9 Å². The average Bonchev–Trinajstić information content (AvgIpc) is 3.16. The first-order valence-electron chi connectivity index (χ1n) is 18.5. The Hall–Kier alpha value is -1.33. The van der Waals surface area contributed by atoms with Gasteiger partial charge in [0.2, 0.25) is 5.91 Å². The van der Waals surface area contributed by atoms with Crippen LogP contribution in [0.2, 0.25) is 0 Å². The van der Waals surface area contributed by atoms with Crippen LogP contribution in [0.25, 0.3) is 0 Å². The molecule has 3 fully saturated rings. The van der Waals surface area contributed by atoms with E-state index in [1.807, 2.05) is 13.8 Å². The smallest absolute Gasteiger partial charge is 0.249 e. The molecule has 3 aliphatic rings. The summed E-state index contributed by atoms with van der Waals surface area (Å²) in [6, 6.07) is -3.05. The summed E-state index contributed by atoms with van der Waals surface area (Å²) in [6.45, 7) is 5.23. The van der Waals surface area contributed by atoms with E-state index in [1.165, 1.54) is 0 Å². The van der Waals surface area contributed by atoms with E-state index < -0.39 is 110 Å². The SMILES string of the molecule is CCC(CO)NCCNC(CC)CO.NCC[C@H](O)C(=O)N[C@@H]1C[C@H](N)[C@@H](O[C@H]2O[C@H](CN)[C@@H](O)[C@H](O)[C@H]2O)[C@H](O)[C@H]1O[C@H]1O[C@H](CO)[C@@H](O)[C@H](N)[C@H]1O. The monoisotopic (exact) mass is 789 g/mol. The van der Waals surface area contributed by atoms with Crippen molar-refractivity contribution >= 4 is 5.91 Å². The molecule has 0 aromatic rings. The number of carbonyl (C=O) groups is 1. The zero-order valence-electron chi connectivity index (χ0n) is 31.0. The van der Waals surface area contributed by atoms with Gasteiger partial charge in [-0.25, -0.2) is 0 Å². The lowest BCUT2D eigenvalue weighted by Crippen LogP contribution is -2.69. The van der Waals surface area contributed by atoms with E-state index in [2.05, 4.69) is 16.0 Å². The number of aliphatic hydroxyl groups is 10. The molecule has 3 rings (SSSR count). The van der Waals surface area contributed by atoms with Crippen LogP contribution in [0.3, 0.4) is 0 Å². The van der Waals surface area contributed by atoms with E-state index in [0.29, 0.717) is 0 Å². The molecule has 22 nitrogen and oxygen atoms in total. The van der Waals surface area contributed by atoms with E-state index in [9.17, 15) is 45.6 Å². The van der Waals surface area contributed by atoms with Crippen molar-refractivity contribution in [1.82, 2.24) is 16.0 Å². The molecule has 22 heteroatoms. The van der Waals surface area contributed by atoms with Gasteiger partial charge in [0.1, 0.15) is 67.1 Å². The number of ether oxygens (including phenoxy) is 4. The van der Waals surface area contributed by atoms with Gasteiger partial charge >= 0.3 is 0 Å². The maximum absolute atomic E-state index is 12.6. The quantitative estimate of drug-likeness (QED) is 0.0540. The average molecular weight is 790 g/mol. The number of aliphatic hydroxyl groups excluding tert-OH is 10. The number of nitrogens with one attached hydrogen (secondary N) is 3. The molecule has 54 heavy (non-hydrogen) atoms. The molecular formula is C32H67N7O15. The van der Waals surface area contributed by atoms with E-state index >= 15 is 0 Å². The molecule has 1 amide bonds. The zero-order chi connectivity index (χ0) is 40.7.